The number of rotatable bonds is 5. The third kappa shape index (κ3) is 3.45. The van der Waals surface area contributed by atoms with Crippen molar-refractivity contribution in [2.45, 2.75) is 25.4 Å². The summed E-state index contributed by atoms with van der Waals surface area (Å²) in [6.45, 7) is 1.90. The molecule has 2 aromatic heterocycles. The number of nitrogens with one attached hydrogen (secondary N) is 1. The molecule has 4 rings (SSSR count). The smallest absolute Gasteiger partial charge is 0.248 e. The highest BCUT2D eigenvalue weighted by Gasteiger charge is 2.16. The minimum Gasteiger partial charge on any atom is -0.366 e. The number of nitrogens with zero attached hydrogens (tertiary/aromatic N) is 4. The van der Waals surface area contributed by atoms with Crippen LogP contribution in [0.5, 0.6) is 0 Å². The van der Waals surface area contributed by atoms with Crippen LogP contribution in [0.4, 0.5) is 0 Å². The molecule has 25 heavy (non-hydrogen) atoms. The van der Waals surface area contributed by atoms with Gasteiger partial charge in [0.25, 0.3) is 0 Å². The Hall–Kier alpha value is -2.58. The van der Waals surface area contributed by atoms with Gasteiger partial charge in [-0.3, -0.25) is 9.48 Å². The summed E-state index contributed by atoms with van der Waals surface area (Å²) in [5, 5.41) is 14.7. The lowest BCUT2D eigenvalue weighted by molar-refractivity contribution is 0.100. The molecule has 3 heterocycles. The van der Waals surface area contributed by atoms with Gasteiger partial charge in [0, 0.05) is 22.5 Å². The van der Waals surface area contributed by atoms with Crippen LogP contribution in [-0.2, 0) is 6.54 Å². The van der Waals surface area contributed by atoms with Crippen LogP contribution in [0, 0.1) is 0 Å². The molecular weight excluding hydrogens is 336 g/mol. The Bertz CT molecular complexity index is 896. The van der Waals surface area contributed by atoms with Gasteiger partial charge in [-0.1, -0.05) is 17.3 Å². The maximum atomic E-state index is 11.3. The van der Waals surface area contributed by atoms with Crippen LogP contribution in [0.3, 0.4) is 0 Å². The van der Waals surface area contributed by atoms with Crippen LogP contribution in [0.1, 0.15) is 23.2 Å². The van der Waals surface area contributed by atoms with Crippen molar-refractivity contribution in [3.8, 4) is 22.0 Å². The van der Waals surface area contributed by atoms with Gasteiger partial charge in [0.05, 0.1) is 12.7 Å². The summed E-state index contributed by atoms with van der Waals surface area (Å²) in [7, 11) is 0. The van der Waals surface area contributed by atoms with Crippen molar-refractivity contribution in [2.75, 3.05) is 6.54 Å². The van der Waals surface area contributed by atoms with Crippen molar-refractivity contribution in [2.24, 2.45) is 5.73 Å². The molecule has 3 N–H and O–H groups in total. The van der Waals surface area contributed by atoms with Crippen LogP contribution in [0.15, 0.2) is 35.8 Å². The first-order valence-electron chi connectivity index (χ1n) is 8.19. The van der Waals surface area contributed by atoms with E-state index in [1.54, 1.807) is 18.2 Å². The van der Waals surface area contributed by atoms with Gasteiger partial charge in [0.2, 0.25) is 5.91 Å². The van der Waals surface area contributed by atoms with E-state index in [0.29, 0.717) is 11.6 Å². The molecule has 8 heteroatoms. The average Bonchev–Trinajstić information content (AvgIpc) is 3.37. The normalized spacial score (nSPS) is 17.0. The molecule has 1 atom stereocenters. The summed E-state index contributed by atoms with van der Waals surface area (Å²) in [5.74, 6) is -0.443. The van der Waals surface area contributed by atoms with Gasteiger partial charge < -0.3 is 11.1 Å². The number of benzene rings is 1. The maximum Gasteiger partial charge on any atom is 0.248 e. The second-order valence-corrected chi connectivity index (χ2v) is 6.96. The van der Waals surface area contributed by atoms with E-state index in [-0.39, 0.29) is 0 Å². The topological polar surface area (TPSA) is 98.7 Å². The number of nitrogens with two attached hydrogens (primary N) is 1. The Balaban J connectivity index is 1.54. The second kappa shape index (κ2) is 6.73. The molecule has 1 fully saturated rings. The molecule has 1 aliphatic heterocycles. The maximum absolute atomic E-state index is 11.3. The Morgan fingerprint density at radius 1 is 1.40 bits per heavy atom. The van der Waals surface area contributed by atoms with E-state index in [1.165, 1.54) is 24.2 Å². The van der Waals surface area contributed by atoms with E-state index in [9.17, 15) is 4.79 Å². The van der Waals surface area contributed by atoms with Crippen molar-refractivity contribution < 1.29 is 4.79 Å². The summed E-state index contributed by atoms with van der Waals surface area (Å²) < 4.78 is 1.87. The van der Waals surface area contributed by atoms with Crippen LogP contribution in [0.25, 0.3) is 22.0 Å². The molecule has 0 saturated carbocycles. The lowest BCUT2D eigenvalue weighted by atomic mass is 10.1. The summed E-state index contributed by atoms with van der Waals surface area (Å²) in [6, 6.07) is 7.65. The highest BCUT2D eigenvalue weighted by molar-refractivity contribution is 7.13. The first-order chi connectivity index (χ1) is 12.2. The Labute approximate surface area is 148 Å². The predicted octanol–water partition coefficient (Wildman–Crippen LogP) is 1.92. The van der Waals surface area contributed by atoms with Crippen molar-refractivity contribution in [1.82, 2.24) is 25.3 Å². The monoisotopic (exact) mass is 354 g/mol. The van der Waals surface area contributed by atoms with E-state index < -0.39 is 5.91 Å². The number of amides is 1. The van der Waals surface area contributed by atoms with Gasteiger partial charge >= 0.3 is 0 Å². The van der Waals surface area contributed by atoms with Crippen molar-refractivity contribution in [3.05, 3.63) is 41.4 Å². The highest BCUT2D eigenvalue weighted by atomic mass is 32.1. The summed E-state index contributed by atoms with van der Waals surface area (Å²) in [5.41, 5.74) is 8.23. The van der Waals surface area contributed by atoms with Crippen molar-refractivity contribution in [1.29, 1.82) is 0 Å². The Morgan fingerprint density at radius 2 is 2.32 bits per heavy atom. The molecule has 1 amide bonds. The number of hydrogen-bond acceptors (Lipinski definition) is 6. The third-order valence-corrected chi connectivity index (χ3v) is 5.16. The lowest BCUT2D eigenvalue weighted by Gasteiger charge is -2.08. The zero-order chi connectivity index (χ0) is 17.2. The third-order valence-electron chi connectivity index (χ3n) is 4.27. The van der Waals surface area contributed by atoms with Gasteiger partial charge in [0.1, 0.15) is 16.4 Å². The van der Waals surface area contributed by atoms with Gasteiger partial charge in [-0.2, -0.15) is 0 Å². The SMILES string of the molecule is NC(=O)c1cccc(-c2nc(-c3cn(CC4CCCN4)nn3)cs2)c1. The summed E-state index contributed by atoms with van der Waals surface area (Å²) >= 11 is 1.51. The molecule has 1 aliphatic rings. The fraction of sp³-hybridized carbons (Fsp3) is 0.294. The van der Waals surface area contributed by atoms with E-state index in [4.69, 9.17) is 5.73 Å². The zero-order valence-electron chi connectivity index (χ0n) is 13.6. The van der Waals surface area contributed by atoms with Crippen LogP contribution >= 0.6 is 11.3 Å². The van der Waals surface area contributed by atoms with E-state index in [2.05, 4.69) is 20.6 Å². The average molecular weight is 354 g/mol. The van der Waals surface area contributed by atoms with Gasteiger partial charge in [-0.15, -0.1) is 16.4 Å². The standard InChI is InChI=1S/C17H18N6OS/c18-16(24)11-3-1-4-12(7-11)17-20-15(10-25-17)14-9-23(22-21-14)8-13-5-2-6-19-13/h1,3-4,7,9-10,13,19H,2,5-6,8H2,(H2,18,24). The summed E-state index contributed by atoms with van der Waals surface area (Å²) in [6.07, 6.45) is 4.32. The molecule has 1 unspecified atom stereocenters. The van der Waals surface area contributed by atoms with Crippen LogP contribution in [0.2, 0.25) is 0 Å². The molecule has 3 aromatic rings. The fourth-order valence-corrected chi connectivity index (χ4v) is 3.78. The first-order valence-corrected chi connectivity index (χ1v) is 9.06. The van der Waals surface area contributed by atoms with Gasteiger partial charge in [-0.05, 0) is 31.5 Å². The summed E-state index contributed by atoms with van der Waals surface area (Å²) in [4.78, 5) is 16.0. The molecule has 0 aliphatic carbocycles. The minimum absolute atomic E-state index is 0.443. The van der Waals surface area contributed by atoms with Crippen LogP contribution < -0.4 is 11.1 Å². The van der Waals surface area contributed by atoms with Crippen molar-refractivity contribution in [3.63, 3.8) is 0 Å². The number of thiazole rings is 1. The number of carbonyl (C=O) groups excluding carboxylic acids is 1. The van der Waals surface area contributed by atoms with Crippen LogP contribution in [-0.4, -0.2) is 38.5 Å². The fourth-order valence-electron chi connectivity index (χ4n) is 2.97. The Morgan fingerprint density at radius 3 is 3.12 bits per heavy atom. The molecule has 7 nitrogen and oxygen atoms in total. The number of hydrogen-bond donors (Lipinski definition) is 2. The number of carbonyl (C=O) groups is 1. The van der Waals surface area contributed by atoms with E-state index in [0.717, 1.165) is 35.0 Å². The molecule has 0 radical (unpaired) electrons. The first kappa shape index (κ1) is 15.9. The highest BCUT2D eigenvalue weighted by Crippen LogP contribution is 2.28. The second-order valence-electron chi connectivity index (χ2n) is 6.10. The molecule has 0 spiro atoms. The molecule has 1 saturated heterocycles. The van der Waals surface area contributed by atoms with E-state index in [1.807, 2.05) is 22.3 Å². The molecular formula is C17H18N6OS. The predicted molar refractivity (Wildman–Crippen MR) is 96.1 cm³/mol. The number of aromatic nitrogens is 4. The Kier molecular flexibility index (Phi) is 4.29. The number of primary amides is 1. The lowest BCUT2D eigenvalue weighted by Crippen LogP contribution is -2.26. The molecule has 0 bridgehead atoms. The zero-order valence-corrected chi connectivity index (χ0v) is 14.4. The largest absolute Gasteiger partial charge is 0.366 e. The van der Waals surface area contributed by atoms with E-state index >= 15 is 0 Å². The molecule has 1 aromatic carbocycles. The van der Waals surface area contributed by atoms with Crippen molar-refractivity contribution >= 4 is 17.2 Å². The molecule has 128 valence electrons. The van der Waals surface area contributed by atoms with Gasteiger partial charge in [-0.25, -0.2) is 4.98 Å². The quantitative estimate of drug-likeness (QED) is 0.729. The van der Waals surface area contributed by atoms with Gasteiger partial charge in [0.15, 0.2) is 0 Å². The minimum atomic E-state index is -0.443.